The lowest BCUT2D eigenvalue weighted by atomic mass is 10.1. The van der Waals surface area contributed by atoms with Gasteiger partial charge in [0.2, 0.25) is 0 Å². The first-order chi connectivity index (χ1) is 15.3. The van der Waals surface area contributed by atoms with Crippen molar-refractivity contribution < 1.29 is 23.9 Å². The molecule has 0 unspecified atom stereocenters. The number of nitrogens with one attached hydrogen (secondary N) is 3. The molecule has 0 bridgehead atoms. The van der Waals surface area contributed by atoms with Crippen molar-refractivity contribution in [1.29, 1.82) is 0 Å². The maximum absolute atomic E-state index is 12.3. The van der Waals surface area contributed by atoms with Gasteiger partial charge in [-0.1, -0.05) is 24.3 Å². The monoisotopic (exact) mass is 451 g/mol. The molecule has 32 heavy (non-hydrogen) atoms. The second kappa shape index (κ2) is 10.4. The summed E-state index contributed by atoms with van der Waals surface area (Å²) in [6.45, 7) is 3.13. The third-order valence-corrected chi connectivity index (χ3v) is 5.41. The number of aryl methyl sites for hydroxylation is 1. The molecule has 2 aromatic carbocycles. The summed E-state index contributed by atoms with van der Waals surface area (Å²) in [5.41, 5.74) is 3.02. The van der Waals surface area contributed by atoms with Crippen LogP contribution in [-0.4, -0.2) is 30.4 Å². The Hall–Kier alpha value is -3.98. The maximum Gasteiger partial charge on any atom is 0.338 e. The van der Waals surface area contributed by atoms with Crippen LogP contribution in [0.25, 0.3) is 0 Å². The Labute approximate surface area is 188 Å². The molecular formula is C23H21N3O5S. The topological polar surface area (TPSA) is 114 Å². The van der Waals surface area contributed by atoms with Gasteiger partial charge >= 0.3 is 12.0 Å². The Balaban J connectivity index is 1.50. The number of ether oxygens (including phenoxy) is 1. The highest BCUT2D eigenvalue weighted by molar-refractivity contribution is 7.12. The predicted molar refractivity (Wildman–Crippen MR) is 122 cm³/mol. The van der Waals surface area contributed by atoms with E-state index >= 15 is 0 Å². The summed E-state index contributed by atoms with van der Waals surface area (Å²) < 4.78 is 4.97. The highest BCUT2D eigenvalue weighted by Crippen LogP contribution is 2.18. The predicted octanol–water partition coefficient (Wildman–Crippen LogP) is 4.12. The van der Waals surface area contributed by atoms with Crippen LogP contribution in [0, 0.1) is 13.8 Å². The second-order valence-corrected chi connectivity index (χ2v) is 7.79. The van der Waals surface area contributed by atoms with Crippen LogP contribution in [0.3, 0.4) is 0 Å². The molecule has 3 rings (SSSR count). The molecular weight excluding hydrogens is 430 g/mol. The summed E-state index contributed by atoms with van der Waals surface area (Å²) in [5, 5.41) is 9.18. The molecule has 0 saturated carbocycles. The number of urea groups is 1. The van der Waals surface area contributed by atoms with E-state index < -0.39 is 24.5 Å². The van der Waals surface area contributed by atoms with Crippen molar-refractivity contribution in [2.24, 2.45) is 0 Å². The Morgan fingerprint density at radius 2 is 1.72 bits per heavy atom. The molecule has 8 nitrogen and oxygen atoms in total. The van der Waals surface area contributed by atoms with Crippen molar-refractivity contribution in [1.82, 2.24) is 5.32 Å². The number of hydrogen-bond acceptors (Lipinski definition) is 6. The smallest absolute Gasteiger partial charge is 0.338 e. The van der Waals surface area contributed by atoms with Gasteiger partial charge in [0.25, 0.3) is 11.8 Å². The van der Waals surface area contributed by atoms with Crippen LogP contribution in [0.1, 0.15) is 31.2 Å². The lowest BCUT2D eigenvalue weighted by molar-refractivity contribution is -0.123. The van der Waals surface area contributed by atoms with E-state index in [9.17, 15) is 19.2 Å². The Bertz CT molecular complexity index is 1160. The molecule has 3 aromatic rings. The fourth-order valence-electron chi connectivity index (χ4n) is 2.74. The number of esters is 1. The SMILES string of the molecule is Cc1cccc(NC(=O)NC(=O)COC(=O)c2cccc(NC(=O)c3cccs3)c2)c1C. The molecule has 164 valence electrons. The van der Waals surface area contributed by atoms with Gasteiger partial charge in [-0.3, -0.25) is 14.9 Å². The van der Waals surface area contributed by atoms with Crippen molar-refractivity contribution in [3.8, 4) is 0 Å². The summed E-state index contributed by atoms with van der Waals surface area (Å²) in [6.07, 6.45) is 0. The first kappa shape index (κ1) is 22.7. The number of carbonyl (C=O) groups is 4. The molecule has 1 heterocycles. The lowest BCUT2D eigenvalue weighted by Gasteiger charge is -2.11. The van der Waals surface area contributed by atoms with Crippen LogP contribution < -0.4 is 16.0 Å². The van der Waals surface area contributed by atoms with Crippen LogP contribution >= 0.6 is 11.3 Å². The molecule has 0 aliphatic heterocycles. The highest BCUT2D eigenvalue weighted by Gasteiger charge is 2.15. The van der Waals surface area contributed by atoms with E-state index in [1.165, 1.54) is 23.5 Å². The van der Waals surface area contributed by atoms with Crippen LogP contribution in [0.15, 0.2) is 60.0 Å². The molecule has 0 aliphatic carbocycles. The van der Waals surface area contributed by atoms with E-state index in [-0.39, 0.29) is 11.5 Å². The van der Waals surface area contributed by atoms with Crippen molar-refractivity contribution in [2.45, 2.75) is 13.8 Å². The number of amides is 4. The van der Waals surface area contributed by atoms with Gasteiger partial charge in [0, 0.05) is 11.4 Å². The number of hydrogen-bond donors (Lipinski definition) is 3. The second-order valence-electron chi connectivity index (χ2n) is 6.84. The number of rotatable bonds is 6. The molecule has 0 saturated heterocycles. The minimum Gasteiger partial charge on any atom is -0.452 e. The summed E-state index contributed by atoms with van der Waals surface area (Å²) in [6, 6.07) is 14.3. The van der Waals surface area contributed by atoms with Crippen LogP contribution in [-0.2, 0) is 9.53 Å². The van der Waals surface area contributed by atoms with Gasteiger partial charge < -0.3 is 15.4 Å². The number of benzene rings is 2. The maximum atomic E-state index is 12.3. The molecule has 0 atom stereocenters. The first-order valence-corrected chi connectivity index (χ1v) is 10.5. The van der Waals surface area contributed by atoms with Gasteiger partial charge in [0.1, 0.15) is 0 Å². The quantitative estimate of drug-likeness (QED) is 0.488. The summed E-state index contributed by atoms with van der Waals surface area (Å²) in [5.74, 6) is -1.83. The fraction of sp³-hybridized carbons (Fsp3) is 0.130. The minimum absolute atomic E-state index is 0.154. The van der Waals surface area contributed by atoms with E-state index in [1.807, 2.05) is 19.9 Å². The Kier molecular flexibility index (Phi) is 7.35. The van der Waals surface area contributed by atoms with Crippen molar-refractivity contribution in [3.05, 3.63) is 81.5 Å². The summed E-state index contributed by atoms with van der Waals surface area (Å²) >= 11 is 1.30. The standard InChI is InChI=1S/C23H21N3O5S/c1-14-6-3-9-18(15(14)2)25-23(30)26-20(27)13-31-22(29)16-7-4-8-17(12-16)24-21(28)19-10-5-11-32-19/h3-12H,13H2,1-2H3,(H,24,28)(H2,25,26,27,30). The average Bonchev–Trinajstić information content (AvgIpc) is 3.30. The summed E-state index contributed by atoms with van der Waals surface area (Å²) in [4.78, 5) is 48.9. The number of carbonyl (C=O) groups excluding carboxylic acids is 4. The molecule has 9 heteroatoms. The summed E-state index contributed by atoms with van der Waals surface area (Å²) in [7, 11) is 0. The van der Waals surface area contributed by atoms with Crippen molar-refractivity contribution >= 4 is 46.5 Å². The minimum atomic E-state index is -0.775. The normalized spacial score (nSPS) is 10.2. The third-order valence-electron chi connectivity index (χ3n) is 4.54. The van der Waals surface area contributed by atoms with Gasteiger partial charge in [-0.25, -0.2) is 9.59 Å². The third kappa shape index (κ3) is 6.02. The molecule has 0 aliphatic rings. The molecule has 3 N–H and O–H groups in total. The molecule has 0 radical (unpaired) electrons. The van der Waals surface area contributed by atoms with E-state index in [0.29, 0.717) is 16.3 Å². The average molecular weight is 452 g/mol. The number of anilines is 2. The van der Waals surface area contributed by atoms with E-state index in [0.717, 1.165) is 11.1 Å². The van der Waals surface area contributed by atoms with Crippen LogP contribution in [0.2, 0.25) is 0 Å². The van der Waals surface area contributed by atoms with Gasteiger partial charge in [-0.05, 0) is 60.7 Å². The van der Waals surface area contributed by atoms with Crippen molar-refractivity contribution in [2.75, 3.05) is 17.2 Å². The van der Waals surface area contributed by atoms with Gasteiger partial charge in [0.05, 0.1) is 10.4 Å². The van der Waals surface area contributed by atoms with Gasteiger partial charge in [-0.15, -0.1) is 11.3 Å². The fourth-order valence-corrected chi connectivity index (χ4v) is 3.36. The Morgan fingerprint density at radius 3 is 2.47 bits per heavy atom. The van der Waals surface area contributed by atoms with Gasteiger partial charge in [-0.2, -0.15) is 0 Å². The number of thiophene rings is 1. The van der Waals surface area contributed by atoms with Crippen LogP contribution in [0.5, 0.6) is 0 Å². The highest BCUT2D eigenvalue weighted by atomic mass is 32.1. The lowest BCUT2D eigenvalue weighted by Crippen LogP contribution is -2.37. The van der Waals surface area contributed by atoms with Crippen molar-refractivity contribution in [3.63, 3.8) is 0 Å². The van der Waals surface area contributed by atoms with E-state index in [2.05, 4.69) is 16.0 Å². The first-order valence-electron chi connectivity index (χ1n) is 9.62. The Morgan fingerprint density at radius 1 is 0.938 bits per heavy atom. The molecule has 0 fully saturated rings. The van der Waals surface area contributed by atoms with E-state index in [1.54, 1.807) is 41.8 Å². The van der Waals surface area contributed by atoms with Gasteiger partial charge in [0.15, 0.2) is 6.61 Å². The van der Waals surface area contributed by atoms with E-state index in [4.69, 9.17) is 4.74 Å². The zero-order valence-corrected chi connectivity index (χ0v) is 18.2. The zero-order chi connectivity index (χ0) is 23.1. The largest absolute Gasteiger partial charge is 0.452 e. The molecule has 0 spiro atoms. The molecule has 4 amide bonds. The molecule has 1 aromatic heterocycles. The van der Waals surface area contributed by atoms with Crippen LogP contribution in [0.4, 0.5) is 16.2 Å². The number of imide groups is 1. The zero-order valence-electron chi connectivity index (χ0n) is 17.4.